The van der Waals surface area contributed by atoms with Crippen molar-refractivity contribution in [2.75, 3.05) is 17.2 Å². The van der Waals surface area contributed by atoms with E-state index in [1.54, 1.807) is 42.5 Å². The van der Waals surface area contributed by atoms with Crippen LogP contribution in [-0.2, 0) is 4.79 Å². The molecule has 0 aromatic heterocycles. The van der Waals surface area contributed by atoms with E-state index >= 15 is 0 Å². The fraction of sp³-hybridized carbons (Fsp3) is 0.167. The van der Waals surface area contributed by atoms with Gasteiger partial charge in [0.25, 0.3) is 11.8 Å². The van der Waals surface area contributed by atoms with Crippen molar-refractivity contribution in [3.05, 3.63) is 87.9 Å². The molecule has 0 heterocycles. The molecule has 3 aromatic carbocycles. The van der Waals surface area contributed by atoms with E-state index in [2.05, 4.69) is 24.5 Å². The van der Waals surface area contributed by atoms with Crippen LogP contribution in [0.15, 0.2) is 66.7 Å². The molecule has 0 saturated carbocycles. The second kappa shape index (κ2) is 10.3. The van der Waals surface area contributed by atoms with E-state index in [0.29, 0.717) is 27.0 Å². The van der Waals surface area contributed by atoms with Crippen LogP contribution in [0.4, 0.5) is 11.4 Å². The predicted octanol–water partition coefficient (Wildman–Crippen LogP) is 6.39. The summed E-state index contributed by atoms with van der Waals surface area (Å²) in [5, 5.41) is 6.46. The number of nitrogens with one attached hydrogen (secondary N) is 2. The first-order valence-corrected chi connectivity index (χ1v) is 10.5. The third-order valence-electron chi connectivity index (χ3n) is 4.52. The molecule has 0 atom stereocenters. The molecule has 3 rings (SSSR count). The van der Waals surface area contributed by atoms with Gasteiger partial charge in [-0.3, -0.25) is 9.59 Å². The van der Waals surface area contributed by atoms with Gasteiger partial charge in [-0.05, 0) is 60.0 Å². The SMILES string of the molecule is CC(C)c1ccccc1NC(=O)COc1ccc(C(=O)Nc2cc(Cl)ccc2Cl)cc1. The molecule has 0 aliphatic rings. The number of rotatable bonds is 7. The van der Waals surface area contributed by atoms with Crippen LogP contribution >= 0.6 is 23.2 Å². The normalized spacial score (nSPS) is 10.6. The molecule has 0 bridgehead atoms. The maximum atomic E-state index is 12.4. The molecular weight excluding hydrogens is 435 g/mol. The van der Waals surface area contributed by atoms with Crippen LogP contribution in [0.2, 0.25) is 10.0 Å². The number of carbonyl (C=O) groups is 2. The minimum Gasteiger partial charge on any atom is -0.484 e. The van der Waals surface area contributed by atoms with Crippen molar-refractivity contribution in [3.8, 4) is 5.75 Å². The van der Waals surface area contributed by atoms with Gasteiger partial charge in [0.1, 0.15) is 5.75 Å². The van der Waals surface area contributed by atoms with E-state index in [1.807, 2.05) is 24.3 Å². The van der Waals surface area contributed by atoms with Gasteiger partial charge in [0.2, 0.25) is 0 Å². The third-order valence-corrected chi connectivity index (χ3v) is 5.08. The third kappa shape index (κ3) is 6.23. The maximum absolute atomic E-state index is 12.4. The summed E-state index contributed by atoms with van der Waals surface area (Å²) in [4.78, 5) is 24.7. The first-order chi connectivity index (χ1) is 14.8. The van der Waals surface area contributed by atoms with Crippen molar-refractivity contribution in [2.45, 2.75) is 19.8 Å². The molecule has 0 aliphatic carbocycles. The zero-order valence-electron chi connectivity index (χ0n) is 17.1. The van der Waals surface area contributed by atoms with Crippen LogP contribution < -0.4 is 15.4 Å². The summed E-state index contributed by atoms with van der Waals surface area (Å²) in [5.41, 5.74) is 2.68. The molecule has 0 fully saturated rings. The number of para-hydroxylation sites is 1. The van der Waals surface area contributed by atoms with Crippen LogP contribution in [-0.4, -0.2) is 18.4 Å². The molecule has 31 heavy (non-hydrogen) atoms. The smallest absolute Gasteiger partial charge is 0.262 e. The molecule has 160 valence electrons. The van der Waals surface area contributed by atoms with Crippen molar-refractivity contribution < 1.29 is 14.3 Å². The van der Waals surface area contributed by atoms with E-state index in [4.69, 9.17) is 27.9 Å². The number of ether oxygens (including phenoxy) is 1. The second-order valence-corrected chi connectivity index (χ2v) is 8.03. The minimum absolute atomic E-state index is 0.143. The van der Waals surface area contributed by atoms with Gasteiger partial charge in [0.15, 0.2) is 6.61 Å². The van der Waals surface area contributed by atoms with Crippen molar-refractivity contribution in [1.29, 1.82) is 0 Å². The van der Waals surface area contributed by atoms with E-state index in [-0.39, 0.29) is 24.3 Å². The zero-order chi connectivity index (χ0) is 22.4. The first-order valence-electron chi connectivity index (χ1n) is 9.71. The first kappa shape index (κ1) is 22.7. The Morgan fingerprint density at radius 3 is 2.32 bits per heavy atom. The van der Waals surface area contributed by atoms with Gasteiger partial charge in [-0.2, -0.15) is 0 Å². The molecule has 2 amide bonds. The summed E-state index contributed by atoms with van der Waals surface area (Å²) in [6.07, 6.45) is 0. The van der Waals surface area contributed by atoms with Gasteiger partial charge < -0.3 is 15.4 Å². The lowest BCUT2D eigenvalue weighted by Crippen LogP contribution is -2.21. The quantitative estimate of drug-likeness (QED) is 0.432. The van der Waals surface area contributed by atoms with Gasteiger partial charge in [-0.15, -0.1) is 0 Å². The minimum atomic E-state index is -0.334. The number of carbonyl (C=O) groups excluding carboxylic acids is 2. The number of amides is 2. The fourth-order valence-electron chi connectivity index (χ4n) is 2.94. The van der Waals surface area contributed by atoms with Crippen LogP contribution in [0, 0.1) is 0 Å². The van der Waals surface area contributed by atoms with Crippen LogP contribution in [0.5, 0.6) is 5.75 Å². The molecule has 0 spiro atoms. The standard InChI is InChI=1S/C24H22Cl2N2O3/c1-15(2)19-5-3-4-6-21(19)27-23(29)14-31-18-10-7-16(8-11-18)24(30)28-22-13-17(25)9-12-20(22)26/h3-13,15H,14H2,1-2H3,(H,27,29)(H,28,30). The van der Waals surface area contributed by atoms with E-state index < -0.39 is 0 Å². The van der Waals surface area contributed by atoms with Crippen molar-refractivity contribution in [3.63, 3.8) is 0 Å². The monoisotopic (exact) mass is 456 g/mol. The highest BCUT2D eigenvalue weighted by Crippen LogP contribution is 2.26. The van der Waals surface area contributed by atoms with E-state index in [0.717, 1.165) is 11.3 Å². The molecule has 7 heteroatoms. The number of anilines is 2. The molecule has 2 N–H and O–H groups in total. The lowest BCUT2D eigenvalue weighted by molar-refractivity contribution is -0.118. The molecule has 3 aromatic rings. The summed E-state index contributed by atoms with van der Waals surface area (Å²) < 4.78 is 5.55. The average Bonchev–Trinajstić information content (AvgIpc) is 2.75. The zero-order valence-corrected chi connectivity index (χ0v) is 18.6. The molecular formula is C24H22Cl2N2O3. The topological polar surface area (TPSA) is 67.4 Å². The summed E-state index contributed by atoms with van der Waals surface area (Å²) in [6.45, 7) is 4.00. The summed E-state index contributed by atoms with van der Waals surface area (Å²) >= 11 is 12.0. The van der Waals surface area contributed by atoms with Crippen LogP contribution in [0.3, 0.4) is 0 Å². The molecule has 0 radical (unpaired) electrons. The van der Waals surface area contributed by atoms with Crippen molar-refractivity contribution in [1.82, 2.24) is 0 Å². The Balaban J connectivity index is 1.56. The molecule has 5 nitrogen and oxygen atoms in total. The fourth-order valence-corrected chi connectivity index (χ4v) is 3.28. The molecule has 0 saturated heterocycles. The summed E-state index contributed by atoms with van der Waals surface area (Å²) in [7, 11) is 0. The highest BCUT2D eigenvalue weighted by Gasteiger charge is 2.11. The predicted molar refractivity (Wildman–Crippen MR) is 126 cm³/mol. The number of halogens is 2. The van der Waals surface area contributed by atoms with E-state index in [1.165, 1.54) is 0 Å². The Bertz CT molecular complexity index is 1080. The Morgan fingerprint density at radius 1 is 0.903 bits per heavy atom. The van der Waals surface area contributed by atoms with Gasteiger partial charge in [-0.25, -0.2) is 0 Å². The van der Waals surface area contributed by atoms with Gasteiger partial charge >= 0.3 is 0 Å². The lowest BCUT2D eigenvalue weighted by Gasteiger charge is -2.14. The highest BCUT2D eigenvalue weighted by atomic mass is 35.5. The Morgan fingerprint density at radius 2 is 1.61 bits per heavy atom. The number of hydrogen-bond acceptors (Lipinski definition) is 3. The Hall–Kier alpha value is -3.02. The number of benzene rings is 3. The van der Waals surface area contributed by atoms with Crippen LogP contribution in [0.1, 0.15) is 35.7 Å². The maximum Gasteiger partial charge on any atom is 0.262 e. The van der Waals surface area contributed by atoms with E-state index in [9.17, 15) is 9.59 Å². The van der Waals surface area contributed by atoms with Crippen molar-refractivity contribution >= 4 is 46.4 Å². The molecule has 0 unspecified atom stereocenters. The van der Waals surface area contributed by atoms with Gasteiger partial charge in [0, 0.05) is 16.3 Å². The number of hydrogen-bond donors (Lipinski definition) is 2. The second-order valence-electron chi connectivity index (χ2n) is 7.18. The Labute approximate surface area is 191 Å². The molecule has 0 aliphatic heterocycles. The van der Waals surface area contributed by atoms with Crippen LogP contribution in [0.25, 0.3) is 0 Å². The Kier molecular flexibility index (Phi) is 7.55. The van der Waals surface area contributed by atoms with Crippen molar-refractivity contribution in [2.24, 2.45) is 0 Å². The highest BCUT2D eigenvalue weighted by molar-refractivity contribution is 6.35. The lowest BCUT2D eigenvalue weighted by atomic mass is 10.0. The van der Waals surface area contributed by atoms with Gasteiger partial charge in [0.05, 0.1) is 10.7 Å². The summed E-state index contributed by atoms with van der Waals surface area (Å²) in [6, 6.07) is 19.0. The van der Waals surface area contributed by atoms with Gasteiger partial charge in [-0.1, -0.05) is 55.2 Å². The average molecular weight is 457 g/mol. The summed E-state index contributed by atoms with van der Waals surface area (Å²) in [5.74, 6) is 0.173. The largest absolute Gasteiger partial charge is 0.484 e.